The van der Waals surface area contributed by atoms with Crippen LogP contribution in [0.25, 0.3) is 11.1 Å². The zero-order chi connectivity index (χ0) is 28.7. The molecule has 1 saturated heterocycles. The normalized spacial score (nSPS) is 14.5. The molecule has 210 valence electrons. The van der Waals surface area contributed by atoms with Crippen LogP contribution < -0.4 is 9.47 Å². The van der Waals surface area contributed by atoms with E-state index < -0.39 is 0 Å². The van der Waals surface area contributed by atoms with Crippen LogP contribution in [-0.4, -0.2) is 27.3 Å². The molecular weight excluding hydrogens is 546 g/mol. The summed E-state index contributed by atoms with van der Waals surface area (Å²) in [6, 6.07) is 35.3. The highest BCUT2D eigenvalue weighted by molar-refractivity contribution is 6.31. The van der Waals surface area contributed by atoms with Crippen molar-refractivity contribution in [2.24, 2.45) is 0 Å². The van der Waals surface area contributed by atoms with Crippen LogP contribution in [0.2, 0.25) is 5.02 Å². The molecular formula is C35H30ClN3O3. The molecule has 0 unspecified atom stereocenters. The van der Waals surface area contributed by atoms with Crippen LogP contribution in [0.5, 0.6) is 11.9 Å². The number of benzene rings is 4. The first-order chi connectivity index (χ1) is 20.7. The minimum absolute atomic E-state index is 0.00886. The Morgan fingerprint density at radius 2 is 1.45 bits per heavy atom. The van der Waals surface area contributed by atoms with Crippen LogP contribution >= 0.6 is 11.6 Å². The number of rotatable bonds is 9. The van der Waals surface area contributed by atoms with Crippen molar-refractivity contribution in [3.63, 3.8) is 0 Å². The predicted octanol–water partition coefficient (Wildman–Crippen LogP) is 7.93. The first-order valence-electron chi connectivity index (χ1n) is 14.0. The van der Waals surface area contributed by atoms with Gasteiger partial charge in [0.1, 0.15) is 13.2 Å². The Morgan fingerprint density at radius 3 is 2.14 bits per heavy atom. The lowest BCUT2D eigenvalue weighted by Crippen LogP contribution is -2.30. The molecule has 1 atom stereocenters. The second-order valence-electron chi connectivity index (χ2n) is 10.2. The summed E-state index contributed by atoms with van der Waals surface area (Å²) in [6.07, 6.45) is 3.54. The first-order valence-corrected chi connectivity index (χ1v) is 14.4. The van der Waals surface area contributed by atoms with Gasteiger partial charge < -0.3 is 14.4 Å². The molecule has 1 fully saturated rings. The molecule has 7 heteroatoms. The Morgan fingerprint density at radius 1 is 0.810 bits per heavy atom. The smallest absolute Gasteiger partial charge is 0.320 e. The molecule has 0 spiro atoms. The lowest BCUT2D eigenvalue weighted by Gasteiger charge is -2.26. The highest BCUT2D eigenvalue weighted by atomic mass is 35.5. The predicted molar refractivity (Wildman–Crippen MR) is 163 cm³/mol. The van der Waals surface area contributed by atoms with Gasteiger partial charge in [0.25, 0.3) is 5.91 Å². The number of likely N-dealkylation sites (tertiary alicyclic amines) is 1. The number of amides is 1. The second-order valence-corrected chi connectivity index (χ2v) is 10.6. The van der Waals surface area contributed by atoms with Gasteiger partial charge in [-0.05, 0) is 53.3 Å². The van der Waals surface area contributed by atoms with Gasteiger partial charge in [-0.1, -0.05) is 103 Å². The van der Waals surface area contributed by atoms with E-state index in [-0.39, 0.29) is 18.0 Å². The van der Waals surface area contributed by atoms with Gasteiger partial charge in [0.05, 0.1) is 11.6 Å². The fourth-order valence-electron chi connectivity index (χ4n) is 5.21. The van der Waals surface area contributed by atoms with Gasteiger partial charge in [-0.15, -0.1) is 0 Å². The summed E-state index contributed by atoms with van der Waals surface area (Å²) in [5.74, 6) is 0.403. The van der Waals surface area contributed by atoms with E-state index >= 15 is 0 Å². The fourth-order valence-corrected chi connectivity index (χ4v) is 5.47. The lowest BCUT2D eigenvalue weighted by molar-refractivity contribution is 0.0736. The van der Waals surface area contributed by atoms with Crippen LogP contribution in [0.1, 0.15) is 45.9 Å². The van der Waals surface area contributed by atoms with E-state index in [1.807, 2.05) is 114 Å². The Hall–Kier alpha value is -4.68. The maximum atomic E-state index is 13.6. The quantitative estimate of drug-likeness (QED) is 0.178. The third-order valence-electron chi connectivity index (χ3n) is 7.38. The number of hydrogen-bond acceptors (Lipinski definition) is 5. The van der Waals surface area contributed by atoms with Gasteiger partial charge in [-0.25, -0.2) is 4.98 Å². The standard InChI is InChI=1S/C35H30ClN3O3/c36-31-15-8-7-14-29(31)32-16-9-21-39(32)34(40)28-19-17-27(18-20-28)30-22-37-35(42-24-26-12-5-2-6-13-26)38-33(30)41-23-25-10-3-1-4-11-25/h1-8,10-15,17-20,22,32H,9,16,21,23-24H2/t32-/m1/s1. The van der Waals surface area contributed by atoms with Gasteiger partial charge in [0.15, 0.2) is 0 Å². The number of hydrogen-bond donors (Lipinski definition) is 0. The van der Waals surface area contributed by atoms with E-state index in [1.165, 1.54) is 0 Å². The molecule has 4 aromatic carbocycles. The topological polar surface area (TPSA) is 64.5 Å². The molecule has 0 N–H and O–H groups in total. The molecule has 42 heavy (non-hydrogen) atoms. The summed E-state index contributed by atoms with van der Waals surface area (Å²) in [4.78, 5) is 24.6. The minimum atomic E-state index is -0.0271. The first kappa shape index (κ1) is 27.5. The summed E-state index contributed by atoms with van der Waals surface area (Å²) < 4.78 is 12.1. The number of halogens is 1. The number of ether oxygens (including phenoxy) is 2. The highest BCUT2D eigenvalue weighted by Crippen LogP contribution is 2.37. The molecule has 1 amide bonds. The Balaban J connectivity index is 1.23. The third-order valence-corrected chi connectivity index (χ3v) is 7.73. The minimum Gasteiger partial charge on any atom is -0.472 e. The van der Waals surface area contributed by atoms with Gasteiger partial charge >= 0.3 is 6.01 Å². The van der Waals surface area contributed by atoms with Crippen molar-refractivity contribution in [1.29, 1.82) is 0 Å². The molecule has 2 heterocycles. The van der Waals surface area contributed by atoms with Gasteiger partial charge in [0, 0.05) is 23.3 Å². The molecule has 6 rings (SSSR count). The molecule has 0 radical (unpaired) electrons. The summed E-state index contributed by atoms with van der Waals surface area (Å²) in [6.45, 7) is 1.39. The number of aromatic nitrogens is 2. The summed E-state index contributed by atoms with van der Waals surface area (Å²) in [7, 11) is 0. The molecule has 0 bridgehead atoms. The van der Waals surface area contributed by atoms with Crippen molar-refractivity contribution >= 4 is 17.5 Å². The maximum Gasteiger partial charge on any atom is 0.320 e. The average molecular weight is 576 g/mol. The van der Waals surface area contributed by atoms with E-state index in [2.05, 4.69) is 9.97 Å². The van der Waals surface area contributed by atoms with Gasteiger partial charge in [-0.2, -0.15) is 4.98 Å². The van der Waals surface area contributed by atoms with Crippen LogP contribution in [0.15, 0.2) is 115 Å². The van der Waals surface area contributed by atoms with Crippen molar-refractivity contribution in [3.05, 3.63) is 143 Å². The van der Waals surface area contributed by atoms with Crippen LogP contribution in [0, 0.1) is 0 Å². The molecule has 0 aliphatic carbocycles. The molecule has 6 nitrogen and oxygen atoms in total. The molecule has 0 saturated carbocycles. The number of carbonyl (C=O) groups excluding carboxylic acids is 1. The summed E-state index contributed by atoms with van der Waals surface area (Å²) in [5, 5.41) is 0.691. The summed E-state index contributed by atoms with van der Waals surface area (Å²) in [5.41, 5.74) is 5.21. The monoisotopic (exact) mass is 575 g/mol. The maximum absolute atomic E-state index is 13.6. The zero-order valence-corrected chi connectivity index (χ0v) is 23.8. The lowest BCUT2D eigenvalue weighted by atomic mass is 10.0. The summed E-state index contributed by atoms with van der Waals surface area (Å²) >= 11 is 6.48. The molecule has 5 aromatic rings. The van der Waals surface area contributed by atoms with Crippen molar-refractivity contribution in [2.75, 3.05) is 6.54 Å². The van der Waals surface area contributed by atoms with E-state index in [1.54, 1.807) is 6.20 Å². The Kier molecular flexibility index (Phi) is 8.43. The fraction of sp³-hybridized carbons (Fsp3) is 0.171. The van der Waals surface area contributed by atoms with E-state index in [9.17, 15) is 4.79 Å². The average Bonchev–Trinajstić information content (AvgIpc) is 3.54. The van der Waals surface area contributed by atoms with Crippen molar-refractivity contribution in [1.82, 2.24) is 14.9 Å². The molecule has 1 aromatic heterocycles. The zero-order valence-electron chi connectivity index (χ0n) is 23.0. The van der Waals surface area contributed by atoms with Crippen LogP contribution in [0.4, 0.5) is 0 Å². The van der Waals surface area contributed by atoms with Gasteiger partial charge in [-0.3, -0.25) is 4.79 Å². The molecule has 1 aliphatic heterocycles. The Labute approximate surface area is 250 Å². The largest absolute Gasteiger partial charge is 0.472 e. The number of carbonyl (C=O) groups is 1. The van der Waals surface area contributed by atoms with Crippen LogP contribution in [-0.2, 0) is 13.2 Å². The van der Waals surface area contributed by atoms with E-state index in [0.717, 1.165) is 35.1 Å². The van der Waals surface area contributed by atoms with Crippen molar-refractivity contribution < 1.29 is 14.3 Å². The number of nitrogens with zero attached hydrogens (tertiary/aromatic N) is 3. The SMILES string of the molecule is O=C(c1ccc(-c2cnc(OCc3ccccc3)nc2OCc2ccccc2)cc1)N1CCC[C@@H]1c1ccccc1Cl. The van der Waals surface area contributed by atoms with Crippen molar-refractivity contribution in [3.8, 4) is 23.0 Å². The van der Waals surface area contributed by atoms with Crippen LogP contribution in [0.3, 0.4) is 0 Å². The second kappa shape index (κ2) is 12.9. The third kappa shape index (κ3) is 6.29. The highest BCUT2D eigenvalue weighted by Gasteiger charge is 2.31. The van der Waals surface area contributed by atoms with Crippen molar-refractivity contribution in [2.45, 2.75) is 32.1 Å². The van der Waals surface area contributed by atoms with E-state index in [0.29, 0.717) is 41.8 Å². The Bertz CT molecular complexity index is 1650. The van der Waals surface area contributed by atoms with Gasteiger partial charge in [0.2, 0.25) is 5.88 Å². The molecule has 1 aliphatic rings. The van der Waals surface area contributed by atoms with E-state index in [4.69, 9.17) is 21.1 Å².